The standard InChI is InChI=1S/C55H101NO11/c1-5-9-13-17-21-25-29-33-37-41-49(57)63-46-48-54(66-51(59)43-39-35-31-27-23-19-15-11-7-3)55(67-52(60)44-40-36-32-28-24-20-16-12-8-4)53(47(64-48)45-56(61)62)65-50(58)42-38-34-30-26-22-18-14-10-6-2/h47-48,53-55H,5-46H2,1-4H3/t47?,48-,53+,54+,55-/m1/s1/i37D,38D,39D,40D/t37?,38?,39?,40?,47?,48-,53+,54+,55-. The van der Waals surface area contributed by atoms with E-state index < -0.39 is 98.1 Å². The molecule has 0 N–H and O–H groups in total. The first-order chi connectivity index (χ1) is 34.2. The summed E-state index contributed by atoms with van der Waals surface area (Å²) >= 11 is 0. The van der Waals surface area contributed by atoms with Crippen LogP contribution in [0.5, 0.6) is 0 Å². The molecule has 392 valence electrons. The number of nitro groups is 1. The van der Waals surface area contributed by atoms with Crippen LogP contribution in [0.4, 0.5) is 0 Å². The van der Waals surface area contributed by atoms with Gasteiger partial charge in [0.25, 0.3) is 0 Å². The van der Waals surface area contributed by atoms with Gasteiger partial charge in [-0.1, -0.05) is 233 Å². The number of hydrogen-bond acceptors (Lipinski definition) is 11. The monoisotopic (exact) mass is 956 g/mol. The molecule has 0 amide bonds. The number of rotatable bonds is 47. The van der Waals surface area contributed by atoms with Crippen LogP contribution in [0.3, 0.4) is 0 Å². The van der Waals surface area contributed by atoms with E-state index in [1.807, 2.05) is 0 Å². The van der Waals surface area contributed by atoms with Crippen molar-refractivity contribution in [3.05, 3.63) is 10.1 Å². The van der Waals surface area contributed by atoms with Crippen molar-refractivity contribution in [3.8, 4) is 0 Å². The van der Waals surface area contributed by atoms with Gasteiger partial charge in [-0.25, -0.2) is 0 Å². The normalized spacial score (nSPS) is 20.9. The summed E-state index contributed by atoms with van der Waals surface area (Å²) < 4.78 is 64.3. The van der Waals surface area contributed by atoms with Crippen LogP contribution in [0.1, 0.15) is 290 Å². The number of ether oxygens (including phenoxy) is 5. The molecular formula is C55H101NO11. The predicted molar refractivity (Wildman–Crippen MR) is 268 cm³/mol. The third kappa shape index (κ3) is 35.1. The lowest BCUT2D eigenvalue weighted by Crippen LogP contribution is -2.63. The van der Waals surface area contributed by atoms with E-state index in [1.165, 1.54) is 32.1 Å². The Morgan fingerprint density at radius 2 is 0.687 bits per heavy atom. The first kappa shape index (κ1) is 55.2. The largest absolute Gasteiger partial charge is 0.463 e. The van der Waals surface area contributed by atoms with Gasteiger partial charge in [0.1, 0.15) is 12.7 Å². The smallest absolute Gasteiger partial charge is 0.306 e. The van der Waals surface area contributed by atoms with Crippen molar-refractivity contribution in [1.82, 2.24) is 0 Å². The van der Waals surface area contributed by atoms with Crippen molar-refractivity contribution < 1.29 is 53.3 Å². The fraction of sp³-hybridized carbons (Fsp3) is 0.927. The van der Waals surface area contributed by atoms with Gasteiger partial charge in [-0.2, -0.15) is 0 Å². The Labute approximate surface area is 414 Å². The Kier molecular flexibility index (Phi) is 36.6. The Morgan fingerprint density at radius 1 is 0.418 bits per heavy atom. The van der Waals surface area contributed by atoms with Gasteiger partial charge in [-0.3, -0.25) is 29.3 Å². The Morgan fingerprint density at radius 3 is 1.00 bits per heavy atom. The van der Waals surface area contributed by atoms with Gasteiger partial charge in [-0.15, -0.1) is 0 Å². The molecule has 9 atom stereocenters. The highest BCUT2D eigenvalue weighted by molar-refractivity contribution is 5.72. The SMILES string of the molecule is [2H]C(CCCCCCCCC)CC(=O)OC[C@H]1OC(C[N+](=O)[O-])[C@H](OC(=O)CC([2H])CCCCCCCCC)[C@@H](OC(=O)CC([2H])CCCCCCCCC)[C@H]1OC(=O)CC([2H])CCCCCCCCC. The quantitative estimate of drug-likeness (QED) is 0.0188. The molecule has 0 spiro atoms. The maximum absolute atomic E-state index is 13.8. The first-order valence-electron chi connectivity index (χ1n) is 29.7. The maximum Gasteiger partial charge on any atom is 0.306 e. The molecule has 0 aliphatic carbocycles. The molecule has 12 nitrogen and oxygen atoms in total. The summed E-state index contributed by atoms with van der Waals surface area (Å²) in [6.07, 6.45) is 18.7. The van der Waals surface area contributed by atoms with Gasteiger partial charge < -0.3 is 23.7 Å². The molecule has 0 aromatic heterocycles. The zero-order chi connectivity index (χ0) is 52.5. The van der Waals surface area contributed by atoms with Crippen LogP contribution >= 0.6 is 0 Å². The lowest BCUT2D eigenvalue weighted by molar-refractivity contribution is -0.498. The Bertz CT molecular complexity index is 1380. The number of nitrogens with zero attached hydrogens (tertiary/aromatic N) is 1. The molecule has 0 radical (unpaired) electrons. The lowest BCUT2D eigenvalue weighted by Gasteiger charge is -2.43. The van der Waals surface area contributed by atoms with Crippen molar-refractivity contribution in [3.63, 3.8) is 0 Å². The molecule has 1 saturated heterocycles. The molecule has 12 heteroatoms. The zero-order valence-electron chi connectivity index (χ0n) is 47.0. The predicted octanol–water partition coefficient (Wildman–Crippen LogP) is 15.0. The van der Waals surface area contributed by atoms with E-state index in [9.17, 15) is 29.3 Å². The van der Waals surface area contributed by atoms with Crippen LogP contribution < -0.4 is 0 Å². The molecule has 1 aliphatic rings. The molecule has 1 fully saturated rings. The molecular weight excluding hydrogens is 851 g/mol. The average molecular weight is 956 g/mol. The van der Waals surface area contributed by atoms with Crippen LogP contribution in [0, 0.1) is 10.1 Å². The average Bonchev–Trinajstić information content (AvgIpc) is 3.31. The van der Waals surface area contributed by atoms with Gasteiger partial charge in [0, 0.05) is 36.1 Å². The minimum absolute atomic E-state index is 0.222. The molecule has 0 aromatic carbocycles. The summed E-state index contributed by atoms with van der Waals surface area (Å²) in [5, 5.41) is 12.2. The molecule has 1 rings (SSSR count). The van der Waals surface area contributed by atoms with Gasteiger partial charge in [0.15, 0.2) is 24.4 Å². The second-order valence-electron chi connectivity index (χ2n) is 18.9. The second-order valence-corrected chi connectivity index (χ2v) is 18.9. The molecule has 0 bridgehead atoms. The molecule has 1 heterocycles. The minimum atomic E-state index is -1.68. The number of esters is 4. The van der Waals surface area contributed by atoms with E-state index in [2.05, 4.69) is 27.7 Å². The highest BCUT2D eigenvalue weighted by Crippen LogP contribution is 2.31. The van der Waals surface area contributed by atoms with Crippen LogP contribution in [0.25, 0.3) is 0 Å². The molecule has 5 unspecified atom stereocenters. The van der Waals surface area contributed by atoms with Crippen LogP contribution in [-0.4, -0.2) is 72.5 Å². The summed E-state index contributed by atoms with van der Waals surface area (Å²) in [5.74, 6) is -3.29. The third-order valence-corrected chi connectivity index (χ3v) is 12.6. The van der Waals surface area contributed by atoms with E-state index in [1.54, 1.807) is 0 Å². The van der Waals surface area contributed by atoms with Crippen molar-refractivity contribution in [2.45, 2.75) is 315 Å². The molecule has 0 aromatic rings. The summed E-state index contributed by atoms with van der Waals surface area (Å²) in [5.41, 5.74) is 0. The highest BCUT2D eigenvalue weighted by atomic mass is 16.7. The van der Waals surface area contributed by atoms with Crippen molar-refractivity contribution in [2.24, 2.45) is 0 Å². The summed E-state index contributed by atoms with van der Waals surface area (Å²) in [6, 6.07) is 0. The number of carbonyl (C=O) groups is 4. The number of hydrogen-bond donors (Lipinski definition) is 0. The molecule has 1 aliphatic heterocycles. The van der Waals surface area contributed by atoms with Gasteiger partial charge in [0.05, 0.1) is 0 Å². The summed E-state index contributed by atoms with van der Waals surface area (Å²) in [7, 11) is 0. The number of carbonyl (C=O) groups excluding carboxylic acids is 4. The van der Waals surface area contributed by atoms with E-state index in [0.29, 0.717) is 25.7 Å². The van der Waals surface area contributed by atoms with Crippen molar-refractivity contribution in [1.29, 1.82) is 0 Å². The second kappa shape index (κ2) is 44.4. The number of unbranched alkanes of at least 4 members (excludes halogenated alkanes) is 24. The summed E-state index contributed by atoms with van der Waals surface area (Å²) in [6.45, 7) is 7.14. The zero-order valence-corrected chi connectivity index (χ0v) is 43.0. The van der Waals surface area contributed by atoms with Gasteiger partial charge in [-0.05, 0) is 25.6 Å². The van der Waals surface area contributed by atoms with Gasteiger partial charge in [0.2, 0.25) is 6.54 Å². The highest BCUT2D eigenvalue weighted by Gasteiger charge is 2.54. The molecule has 0 saturated carbocycles. The first-order valence-corrected chi connectivity index (χ1v) is 27.4. The van der Waals surface area contributed by atoms with Crippen molar-refractivity contribution in [2.75, 3.05) is 13.2 Å². The van der Waals surface area contributed by atoms with Gasteiger partial charge >= 0.3 is 23.9 Å². The maximum atomic E-state index is 13.8. The van der Waals surface area contributed by atoms with E-state index >= 15 is 0 Å². The van der Waals surface area contributed by atoms with Crippen LogP contribution in [0.2, 0.25) is 0 Å². The van der Waals surface area contributed by atoms with E-state index in [-0.39, 0.29) is 25.7 Å². The van der Waals surface area contributed by atoms with Crippen LogP contribution in [-0.2, 0) is 42.9 Å². The fourth-order valence-electron chi connectivity index (χ4n) is 8.53. The topological polar surface area (TPSA) is 158 Å². The third-order valence-electron chi connectivity index (χ3n) is 12.6. The minimum Gasteiger partial charge on any atom is -0.463 e. The Balaban J connectivity index is 3.42. The lowest BCUT2D eigenvalue weighted by atomic mass is 9.93. The molecule has 67 heavy (non-hydrogen) atoms. The van der Waals surface area contributed by atoms with E-state index in [0.717, 1.165) is 148 Å². The van der Waals surface area contributed by atoms with Crippen LogP contribution in [0.15, 0.2) is 0 Å². The summed E-state index contributed by atoms with van der Waals surface area (Å²) in [4.78, 5) is 66.1. The van der Waals surface area contributed by atoms with Crippen molar-refractivity contribution >= 4 is 23.9 Å². The van der Waals surface area contributed by atoms with E-state index in [4.69, 9.17) is 29.2 Å². The Hall–Kier alpha value is -2.76. The fourth-order valence-corrected chi connectivity index (χ4v) is 8.53.